The minimum absolute atomic E-state index is 0.0811. The Balaban J connectivity index is 1.38. The summed E-state index contributed by atoms with van der Waals surface area (Å²) < 4.78 is 31.8. The smallest absolute Gasteiger partial charge is 0.410 e. The number of piperidine rings is 1. The number of hydrogen-bond acceptors (Lipinski definition) is 4. The predicted molar refractivity (Wildman–Crippen MR) is 113 cm³/mol. The summed E-state index contributed by atoms with van der Waals surface area (Å²) in [5.74, 6) is -1.66. The molecule has 2 aliphatic heterocycles. The molecule has 2 heterocycles. The third-order valence-corrected chi connectivity index (χ3v) is 5.52. The van der Waals surface area contributed by atoms with Crippen molar-refractivity contribution in [1.29, 1.82) is 0 Å². The zero-order valence-corrected chi connectivity index (χ0v) is 18.5. The van der Waals surface area contributed by atoms with Crippen LogP contribution in [0.5, 0.6) is 0 Å². The van der Waals surface area contributed by atoms with Crippen LogP contribution in [0, 0.1) is 11.6 Å². The molecule has 9 heteroatoms. The lowest BCUT2D eigenvalue weighted by molar-refractivity contribution is 0.0168. The second-order valence-electron chi connectivity index (χ2n) is 9.20. The van der Waals surface area contributed by atoms with Crippen molar-refractivity contribution in [3.63, 3.8) is 0 Å². The van der Waals surface area contributed by atoms with Crippen LogP contribution in [0.4, 0.5) is 18.4 Å². The second-order valence-corrected chi connectivity index (χ2v) is 9.20. The van der Waals surface area contributed by atoms with Crippen molar-refractivity contribution in [3.8, 4) is 0 Å². The van der Waals surface area contributed by atoms with Crippen LogP contribution < -0.4 is 5.32 Å². The summed E-state index contributed by atoms with van der Waals surface area (Å²) in [5.41, 5.74) is 0.204. The van der Waals surface area contributed by atoms with Crippen LogP contribution in [0.3, 0.4) is 0 Å². The topological polar surface area (TPSA) is 65.1 Å². The predicted octanol–water partition coefficient (Wildman–Crippen LogP) is 3.19. The van der Waals surface area contributed by atoms with Crippen LogP contribution >= 0.6 is 0 Å². The summed E-state index contributed by atoms with van der Waals surface area (Å²) in [5, 5.41) is 3.09. The number of carbonyl (C=O) groups excluding carboxylic acids is 2. The fraction of sp³-hybridized carbons (Fsp3) is 0.636. The van der Waals surface area contributed by atoms with Gasteiger partial charge in [0.25, 0.3) is 0 Å². The molecule has 3 amide bonds. The molecule has 1 N–H and O–H groups in total. The summed E-state index contributed by atoms with van der Waals surface area (Å²) >= 11 is 0. The van der Waals surface area contributed by atoms with E-state index in [9.17, 15) is 18.4 Å². The van der Waals surface area contributed by atoms with Gasteiger partial charge in [-0.15, -0.1) is 0 Å². The van der Waals surface area contributed by atoms with E-state index in [0.29, 0.717) is 32.7 Å². The number of halogens is 2. The van der Waals surface area contributed by atoms with Crippen molar-refractivity contribution in [1.82, 2.24) is 20.0 Å². The van der Waals surface area contributed by atoms with Gasteiger partial charge in [-0.05, 0) is 51.3 Å². The van der Waals surface area contributed by atoms with Gasteiger partial charge >= 0.3 is 12.1 Å². The molecule has 0 radical (unpaired) electrons. The monoisotopic (exact) mass is 438 g/mol. The Bertz CT molecular complexity index is 783. The molecule has 1 aromatic rings. The Morgan fingerprint density at radius 3 is 2.19 bits per heavy atom. The van der Waals surface area contributed by atoms with E-state index in [4.69, 9.17) is 4.74 Å². The Labute approximate surface area is 182 Å². The van der Waals surface area contributed by atoms with Gasteiger partial charge in [0, 0.05) is 51.9 Å². The number of ether oxygens (including phenoxy) is 1. The zero-order valence-electron chi connectivity index (χ0n) is 18.5. The fourth-order valence-corrected chi connectivity index (χ4v) is 3.82. The standard InChI is InChI=1S/C22H32F2N4O3/c1-22(2,3)31-21(30)28-12-10-27(11-13-28)20(29)25-17-6-8-26(9-7-17)15-16-4-5-18(23)19(24)14-16/h4-5,14,17H,6-13,15H2,1-3H3,(H,25,29). The minimum Gasteiger partial charge on any atom is -0.444 e. The molecule has 0 bridgehead atoms. The molecular formula is C22H32F2N4O3. The maximum atomic E-state index is 13.4. The van der Waals surface area contributed by atoms with Gasteiger partial charge in [-0.3, -0.25) is 4.90 Å². The van der Waals surface area contributed by atoms with E-state index in [1.54, 1.807) is 15.9 Å². The first-order valence-corrected chi connectivity index (χ1v) is 10.8. The molecular weight excluding hydrogens is 406 g/mol. The number of rotatable bonds is 3. The molecule has 172 valence electrons. The number of urea groups is 1. The van der Waals surface area contributed by atoms with Crippen LogP contribution in [-0.4, -0.2) is 77.7 Å². The maximum absolute atomic E-state index is 13.4. The highest BCUT2D eigenvalue weighted by Crippen LogP contribution is 2.17. The highest BCUT2D eigenvalue weighted by atomic mass is 19.2. The third-order valence-electron chi connectivity index (χ3n) is 5.52. The van der Waals surface area contributed by atoms with Gasteiger partial charge in [-0.2, -0.15) is 0 Å². The van der Waals surface area contributed by atoms with Crippen LogP contribution in [-0.2, 0) is 11.3 Å². The molecule has 0 unspecified atom stereocenters. The molecule has 0 aliphatic carbocycles. The van der Waals surface area contributed by atoms with Crippen molar-refractivity contribution >= 4 is 12.1 Å². The molecule has 7 nitrogen and oxygen atoms in total. The van der Waals surface area contributed by atoms with E-state index in [2.05, 4.69) is 10.2 Å². The van der Waals surface area contributed by atoms with E-state index in [1.165, 1.54) is 6.07 Å². The number of nitrogens with one attached hydrogen (secondary N) is 1. The molecule has 2 saturated heterocycles. The molecule has 2 aliphatic rings. The number of piperazine rings is 1. The molecule has 31 heavy (non-hydrogen) atoms. The number of likely N-dealkylation sites (tertiary alicyclic amines) is 1. The van der Waals surface area contributed by atoms with Crippen molar-refractivity contribution in [3.05, 3.63) is 35.4 Å². The quantitative estimate of drug-likeness (QED) is 0.787. The van der Waals surface area contributed by atoms with Crippen LogP contribution in [0.2, 0.25) is 0 Å². The van der Waals surface area contributed by atoms with E-state index < -0.39 is 17.2 Å². The lowest BCUT2D eigenvalue weighted by Crippen LogP contribution is -2.56. The van der Waals surface area contributed by atoms with Crippen molar-refractivity contribution < 1.29 is 23.1 Å². The van der Waals surface area contributed by atoms with Crippen LogP contribution in [0.1, 0.15) is 39.2 Å². The summed E-state index contributed by atoms with van der Waals surface area (Å²) in [7, 11) is 0. The Kier molecular flexibility index (Phi) is 7.35. The van der Waals surface area contributed by atoms with Crippen LogP contribution in [0.15, 0.2) is 18.2 Å². The maximum Gasteiger partial charge on any atom is 0.410 e. The summed E-state index contributed by atoms with van der Waals surface area (Å²) in [6, 6.07) is 3.96. The van der Waals surface area contributed by atoms with Gasteiger partial charge in [0.15, 0.2) is 11.6 Å². The summed E-state index contributed by atoms with van der Waals surface area (Å²) in [6.45, 7) is 9.45. The number of hydrogen-bond donors (Lipinski definition) is 1. The van der Waals surface area contributed by atoms with E-state index >= 15 is 0 Å². The number of carbonyl (C=O) groups is 2. The molecule has 2 fully saturated rings. The first kappa shape index (κ1) is 23.2. The highest BCUT2D eigenvalue weighted by molar-refractivity contribution is 5.75. The van der Waals surface area contributed by atoms with Gasteiger partial charge in [0.1, 0.15) is 5.60 Å². The molecule has 0 aromatic heterocycles. The number of amides is 3. The highest BCUT2D eigenvalue weighted by Gasteiger charge is 2.29. The Morgan fingerprint density at radius 2 is 1.61 bits per heavy atom. The Hall–Kier alpha value is -2.42. The lowest BCUT2D eigenvalue weighted by Gasteiger charge is -2.37. The second kappa shape index (κ2) is 9.80. The number of nitrogens with zero attached hydrogens (tertiary/aromatic N) is 3. The summed E-state index contributed by atoms with van der Waals surface area (Å²) in [4.78, 5) is 30.3. The van der Waals surface area contributed by atoms with E-state index in [-0.39, 0.29) is 18.2 Å². The molecule has 3 rings (SSSR count). The van der Waals surface area contributed by atoms with E-state index in [1.807, 2.05) is 20.8 Å². The van der Waals surface area contributed by atoms with Gasteiger partial charge in [0.05, 0.1) is 0 Å². The SMILES string of the molecule is CC(C)(C)OC(=O)N1CCN(C(=O)NC2CCN(Cc3ccc(F)c(F)c3)CC2)CC1. The van der Waals surface area contributed by atoms with Gasteiger partial charge in [-0.1, -0.05) is 6.07 Å². The minimum atomic E-state index is -0.836. The van der Waals surface area contributed by atoms with Crippen LogP contribution in [0.25, 0.3) is 0 Å². The van der Waals surface area contributed by atoms with Crippen molar-refractivity contribution in [2.75, 3.05) is 39.3 Å². The fourth-order valence-electron chi connectivity index (χ4n) is 3.82. The normalized spacial score (nSPS) is 18.7. The zero-order chi connectivity index (χ0) is 22.6. The van der Waals surface area contributed by atoms with Gasteiger partial charge in [-0.25, -0.2) is 18.4 Å². The van der Waals surface area contributed by atoms with E-state index in [0.717, 1.165) is 37.6 Å². The molecule has 0 saturated carbocycles. The van der Waals surface area contributed by atoms with Crippen molar-refractivity contribution in [2.24, 2.45) is 0 Å². The average Bonchev–Trinajstić information content (AvgIpc) is 2.71. The molecule has 1 aromatic carbocycles. The average molecular weight is 439 g/mol. The first-order chi connectivity index (χ1) is 14.6. The van der Waals surface area contributed by atoms with Crippen molar-refractivity contribution in [2.45, 2.75) is 51.8 Å². The Morgan fingerprint density at radius 1 is 1.00 bits per heavy atom. The third kappa shape index (κ3) is 6.78. The largest absolute Gasteiger partial charge is 0.444 e. The number of benzene rings is 1. The van der Waals surface area contributed by atoms with Gasteiger partial charge in [0.2, 0.25) is 0 Å². The first-order valence-electron chi connectivity index (χ1n) is 10.8. The molecule has 0 spiro atoms. The van der Waals surface area contributed by atoms with Gasteiger partial charge < -0.3 is 19.9 Å². The lowest BCUT2D eigenvalue weighted by atomic mass is 10.0. The molecule has 0 atom stereocenters. The summed E-state index contributed by atoms with van der Waals surface area (Å²) in [6.07, 6.45) is 1.25.